The minimum absolute atomic E-state index is 0.131. The lowest BCUT2D eigenvalue weighted by atomic mass is 10.1. The third kappa shape index (κ3) is 4.68. The van der Waals surface area contributed by atoms with Crippen LogP contribution in [0.3, 0.4) is 0 Å². The highest BCUT2D eigenvalue weighted by atomic mass is 19.1. The molecule has 1 aromatic carbocycles. The van der Waals surface area contributed by atoms with Crippen LogP contribution in [0.25, 0.3) is 0 Å². The monoisotopic (exact) mass is 309 g/mol. The zero-order chi connectivity index (χ0) is 15.9. The molecule has 2 rings (SSSR count). The maximum atomic E-state index is 14.1. The number of hydrogen-bond acceptors (Lipinski definition) is 4. The zero-order valence-corrected chi connectivity index (χ0v) is 13.1. The topological polar surface area (TPSA) is 62.4 Å². The molecule has 5 nitrogen and oxygen atoms in total. The predicted octanol–water partition coefficient (Wildman–Crippen LogP) is 2.21. The first-order chi connectivity index (χ1) is 10.6. The quantitative estimate of drug-likeness (QED) is 0.723. The van der Waals surface area contributed by atoms with E-state index in [9.17, 15) is 9.18 Å². The van der Waals surface area contributed by atoms with E-state index < -0.39 is 0 Å². The van der Waals surface area contributed by atoms with Crippen molar-refractivity contribution in [3.05, 3.63) is 24.0 Å². The molecule has 1 heterocycles. The van der Waals surface area contributed by atoms with E-state index in [1.54, 1.807) is 19.2 Å². The number of anilines is 2. The Morgan fingerprint density at radius 3 is 2.95 bits per heavy atom. The SMILES string of the molecule is CNCC(C)C(=O)Nc1ccc(NCC2CCCO2)c(F)c1. The molecule has 1 amide bonds. The molecular weight excluding hydrogens is 285 g/mol. The minimum Gasteiger partial charge on any atom is -0.380 e. The van der Waals surface area contributed by atoms with Crippen molar-refractivity contribution >= 4 is 17.3 Å². The molecule has 0 saturated carbocycles. The van der Waals surface area contributed by atoms with Crippen LogP contribution in [-0.2, 0) is 9.53 Å². The number of hydrogen-bond donors (Lipinski definition) is 3. The van der Waals surface area contributed by atoms with Gasteiger partial charge in [-0.1, -0.05) is 6.92 Å². The van der Waals surface area contributed by atoms with E-state index in [1.165, 1.54) is 6.07 Å². The van der Waals surface area contributed by atoms with Crippen LogP contribution in [0, 0.1) is 11.7 Å². The summed E-state index contributed by atoms with van der Waals surface area (Å²) in [6, 6.07) is 4.68. The fourth-order valence-electron chi connectivity index (χ4n) is 2.43. The van der Waals surface area contributed by atoms with Crippen LogP contribution in [0.5, 0.6) is 0 Å². The molecule has 6 heteroatoms. The lowest BCUT2D eigenvalue weighted by Gasteiger charge is -2.14. The first-order valence-electron chi connectivity index (χ1n) is 7.70. The van der Waals surface area contributed by atoms with Crippen molar-refractivity contribution in [3.63, 3.8) is 0 Å². The van der Waals surface area contributed by atoms with Gasteiger partial charge in [0.2, 0.25) is 5.91 Å². The summed E-state index contributed by atoms with van der Waals surface area (Å²) in [7, 11) is 1.79. The molecule has 22 heavy (non-hydrogen) atoms. The van der Waals surface area contributed by atoms with Gasteiger partial charge in [0.05, 0.1) is 11.8 Å². The van der Waals surface area contributed by atoms with Gasteiger partial charge in [0.25, 0.3) is 0 Å². The molecule has 0 bridgehead atoms. The van der Waals surface area contributed by atoms with E-state index in [0.29, 0.717) is 24.5 Å². The minimum atomic E-state index is -0.378. The van der Waals surface area contributed by atoms with Crippen molar-refractivity contribution < 1.29 is 13.9 Å². The number of carbonyl (C=O) groups excluding carboxylic acids is 1. The Balaban J connectivity index is 1.89. The molecule has 3 N–H and O–H groups in total. The van der Waals surface area contributed by atoms with Gasteiger partial charge in [0, 0.05) is 31.3 Å². The van der Waals surface area contributed by atoms with Crippen LogP contribution >= 0.6 is 0 Å². The molecule has 0 aliphatic carbocycles. The summed E-state index contributed by atoms with van der Waals surface area (Å²) in [6.45, 7) is 3.78. The first-order valence-corrected chi connectivity index (χ1v) is 7.70. The standard InChI is InChI=1S/C16H24FN3O2/c1-11(9-18-2)16(21)20-12-5-6-15(14(17)8-12)19-10-13-4-3-7-22-13/h5-6,8,11,13,18-19H,3-4,7,9-10H2,1-2H3,(H,20,21). The third-order valence-corrected chi connectivity index (χ3v) is 3.74. The molecule has 2 atom stereocenters. The van der Waals surface area contributed by atoms with Gasteiger partial charge in [-0.25, -0.2) is 4.39 Å². The summed E-state index contributed by atoms with van der Waals surface area (Å²) in [5.74, 6) is -0.684. The highest BCUT2D eigenvalue weighted by Gasteiger charge is 2.16. The van der Waals surface area contributed by atoms with Gasteiger partial charge in [-0.3, -0.25) is 4.79 Å². The number of benzene rings is 1. The number of halogens is 1. The molecule has 122 valence electrons. The van der Waals surface area contributed by atoms with Gasteiger partial charge >= 0.3 is 0 Å². The Morgan fingerprint density at radius 2 is 2.32 bits per heavy atom. The Hall–Kier alpha value is -1.66. The average molecular weight is 309 g/mol. The fraction of sp³-hybridized carbons (Fsp3) is 0.562. The van der Waals surface area contributed by atoms with E-state index in [1.807, 2.05) is 6.92 Å². The maximum absolute atomic E-state index is 14.1. The van der Waals surface area contributed by atoms with Crippen molar-refractivity contribution in [3.8, 4) is 0 Å². The maximum Gasteiger partial charge on any atom is 0.228 e. The van der Waals surface area contributed by atoms with Crippen LogP contribution < -0.4 is 16.0 Å². The number of rotatable bonds is 7. The van der Waals surface area contributed by atoms with Crippen molar-refractivity contribution in [2.75, 3.05) is 37.4 Å². The van der Waals surface area contributed by atoms with Gasteiger partial charge in [-0.15, -0.1) is 0 Å². The Kier molecular flexibility index (Phi) is 6.15. The summed E-state index contributed by atoms with van der Waals surface area (Å²) in [6.07, 6.45) is 2.22. The summed E-state index contributed by atoms with van der Waals surface area (Å²) in [5, 5.41) is 8.72. The van der Waals surface area contributed by atoms with E-state index >= 15 is 0 Å². The second-order valence-corrected chi connectivity index (χ2v) is 5.66. The predicted molar refractivity (Wildman–Crippen MR) is 85.6 cm³/mol. The molecular formula is C16H24FN3O2. The summed E-state index contributed by atoms with van der Waals surface area (Å²) in [4.78, 5) is 11.9. The molecule has 1 aliphatic rings. The number of amides is 1. The average Bonchev–Trinajstić information content (AvgIpc) is 3.00. The van der Waals surface area contributed by atoms with Gasteiger partial charge < -0.3 is 20.7 Å². The molecule has 0 radical (unpaired) electrons. The molecule has 1 aliphatic heterocycles. The number of ether oxygens (including phenoxy) is 1. The molecule has 2 unspecified atom stereocenters. The van der Waals surface area contributed by atoms with Crippen molar-refractivity contribution in [2.45, 2.75) is 25.9 Å². The molecule has 0 spiro atoms. The lowest BCUT2D eigenvalue weighted by molar-refractivity contribution is -0.119. The van der Waals surface area contributed by atoms with Crippen molar-refractivity contribution in [2.24, 2.45) is 5.92 Å². The van der Waals surface area contributed by atoms with Crippen molar-refractivity contribution in [1.29, 1.82) is 0 Å². The molecule has 1 fully saturated rings. The van der Waals surface area contributed by atoms with Gasteiger partial charge in [0.15, 0.2) is 0 Å². The third-order valence-electron chi connectivity index (χ3n) is 3.74. The summed E-state index contributed by atoms with van der Waals surface area (Å²) < 4.78 is 19.5. The highest BCUT2D eigenvalue weighted by molar-refractivity contribution is 5.92. The Bertz CT molecular complexity index is 504. The zero-order valence-electron chi connectivity index (χ0n) is 13.1. The second kappa shape index (κ2) is 8.10. The smallest absolute Gasteiger partial charge is 0.228 e. The number of nitrogens with one attached hydrogen (secondary N) is 3. The van der Waals surface area contributed by atoms with Crippen LogP contribution in [0.15, 0.2) is 18.2 Å². The number of carbonyl (C=O) groups is 1. The van der Waals surface area contributed by atoms with Crippen LogP contribution in [0.2, 0.25) is 0 Å². The molecule has 1 aromatic rings. The largest absolute Gasteiger partial charge is 0.380 e. The fourth-order valence-corrected chi connectivity index (χ4v) is 2.43. The first kappa shape index (κ1) is 16.7. The van der Waals surface area contributed by atoms with Crippen molar-refractivity contribution in [1.82, 2.24) is 5.32 Å². The second-order valence-electron chi connectivity index (χ2n) is 5.66. The molecule has 0 aromatic heterocycles. The van der Waals surface area contributed by atoms with E-state index in [4.69, 9.17) is 4.74 Å². The Morgan fingerprint density at radius 1 is 1.50 bits per heavy atom. The Labute approximate surface area is 130 Å². The van der Waals surface area contributed by atoms with Gasteiger partial charge in [0.1, 0.15) is 5.82 Å². The summed E-state index contributed by atoms with van der Waals surface area (Å²) >= 11 is 0. The normalized spacial score (nSPS) is 19.0. The molecule has 1 saturated heterocycles. The van der Waals surface area contributed by atoms with Gasteiger partial charge in [-0.05, 0) is 38.1 Å². The van der Waals surface area contributed by atoms with E-state index in [2.05, 4.69) is 16.0 Å². The summed E-state index contributed by atoms with van der Waals surface area (Å²) in [5.41, 5.74) is 0.893. The van der Waals surface area contributed by atoms with E-state index in [-0.39, 0.29) is 23.7 Å². The van der Waals surface area contributed by atoms with Crippen LogP contribution in [0.1, 0.15) is 19.8 Å². The van der Waals surface area contributed by atoms with Crippen LogP contribution in [-0.4, -0.2) is 38.8 Å². The van der Waals surface area contributed by atoms with E-state index in [0.717, 1.165) is 19.4 Å². The highest BCUT2D eigenvalue weighted by Crippen LogP contribution is 2.20. The van der Waals surface area contributed by atoms with Gasteiger partial charge in [-0.2, -0.15) is 0 Å². The van der Waals surface area contributed by atoms with Crippen LogP contribution in [0.4, 0.5) is 15.8 Å². The lowest BCUT2D eigenvalue weighted by Crippen LogP contribution is -2.28.